The van der Waals surface area contributed by atoms with Gasteiger partial charge in [-0.05, 0) is 56.5 Å². The second-order valence-electron chi connectivity index (χ2n) is 6.96. The van der Waals surface area contributed by atoms with E-state index in [0.717, 1.165) is 36.5 Å². The van der Waals surface area contributed by atoms with Gasteiger partial charge in [0.05, 0.1) is 34.7 Å². The molecule has 6 nitrogen and oxygen atoms in total. The molecule has 28 heavy (non-hydrogen) atoms. The fourth-order valence-electron chi connectivity index (χ4n) is 3.87. The first kappa shape index (κ1) is 18.2. The number of carbonyl (C=O) groups excluding carboxylic acids is 3. The van der Waals surface area contributed by atoms with Crippen molar-refractivity contribution in [3.8, 4) is 0 Å². The van der Waals surface area contributed by atoms with Crippen LogP contribution in [0.3, 0.4) is 0 Å². The molecule has 0 N–H and O–H groups in total. The number of benzene rings is 2. The number of nitrogens with zero attached hydrogens (tertiary/aromatic N) is 2. The van der Waals surface area contributed by atoms with Crippen molar-refractivity contribution in [2.75, 3.05) is 29.5 Å². The first-order chi connectivity index (χ1) is 13.6. The molecule has 2 amide bonds. The molecule has 144 valence electrons. The lowest BCUT2D eigenvalue weighted by atomic mass is 10.1. The van der Waals surface area contributed by atoms with E-state index in [1.54, 1.807) is 43.3 Å². The molecule has 0 saturated carbocycles. The second-order valence-corrected chi connectivity index (χ2v) is 6.96. The summed E-state index contributed by atoms with van der Waals surface area (Å²) in [6.07, 6.45) is 3.32. The summed E-state index contributed by atoms with van der Waals surface area (Å²) < 4.78 is 5.24. The smallest absolute Gasteiger partial charge is 0.340 e. The molecule has 2 aromatic carbocycles. The van der Waals surface area contributed by atoms with Crippen LogP contribution in [0.4, 0.5) is 11.4 Å². The summed E-state index contributed by atoms with van der Waals surface area (Å²) in [6, 6.07) is 11.9. The first-order valence-electron chi connectivity index (χ1n) is 9.65. The van der Waals surface area contributed by atoms with Gasteiger partial charge in [0.2, 0.25) is 0 Å². The summed E-state index contributed by atoms with van der Waals surface area (Å²) in [6.45, 7) is 3.76. The van der Waals surface area contributed by atoms with Gasteiger partial charge in [-0.3, -0.25) is 9.59 Å². The van der Waals surface area contributed by atoms with Crippen molar-refractivity contribution in [3.05, 3.63) is 59.2 Å². The summed E-state index contributed by atoms with van der Waals surface area (Å²) in [5.74, 6) is -1.19. The van der Waals surface area contributed by atoms with E-state index in [-0.39, 0.29) is 18.4 Å². The molecule has 1 fully saturated rings. The lowest BCUT2D eigenvalue weighted by Crippen LogP contribution is -2.32. The molecule has 6 heteroatoms. The number of rotatable bonds is 4. The average Bonchev–Trinajstić information content (AvgIpc) is 2.99. The van der Waals surface area contributed by atoms with Crippen molar-refractivity contribution in [3.63, 3.8) is 0 Å². The molecule has 1 saturated heterocycles. The van der Waals surface area contributed by atoms with Crippen molar-refractivity contribution in [2.24, 2.45) is 0 Å². The summed E-state index contributed by atoms with van der Waals surface area (Å²) in [7, 11) is 0. The van der Waals surface area contributed by atoms with Gasteiger partial charge in [0.15, 0.2) is 0 Å². The van der Waals surface area contributed by atoms with Crippen LogP contribution < -0.4 is 9.80 Å². The maximum absolute atomic E-state index is 12.8. The van der Waals surface area contributed by atoms with Crippen LogP contribution in [-0.4, -0.2) is 37.5 Å². The van der Waals surface area contributed by atoms with Crippen LogP contribution in [0.1, 0.15) is 57.3 Å². The van der Waals surface area contributed by atoms with Crippen molar-refractivity contribution in [1.82, 2.24) is 0 Å². The summed E-state index contributed by atoms with van der Waals surface area (Å²) in [5, 5.41) is 0. The molecule has 0 atom stereocenters. The number of amides is 2. The Balaban J connectivity index is 1.75. The molecule has 0 aliphatic carbocycles. The Kier molecular flexibility index (Phi) is 4.86. The Morgan fingerprint density at radius 2 is 1.61 bits per heavy atom. The van der Waals surface area contributed by atoms with E-state index < -0.39 is 5.97 Å². The zero-order chi connectivity index (χ0) is 19.7. The molecule has 0 radical (unpaired) electrons. The van der Waals surface area contributed by atoms with E-state index >= 15 is 0 Å². The third-order valence-electron chi connectivity index (χ3n) is 5.22. The monoisotopic (exact) mass is 378 g/mol. The minimum absolute atomic E-state index is 0.259. The van der Waals surface area contributed by atoms with E-state index in [1.807, 2.05) is 6.07 Å². The highest BCUT2D eigenvalue weighted by molar-refractivity contribution is 6.34. The zero-order valence-corrected chi connectivity index (χ0v) is 15.8. The van der Waals surface area contributed by atoms with E-state index in [2.05, 4.69) is 4.90 Å². The third-order valence-corrected chi connectivity index (χ3v) is 5.22. The van der Waals surface area contributed by atoms with Gasteiger partial charge in [-0.1, -0.05) is 12.1 Å². The molecule has 4 rings (SSSR count). The number of hydrogen-bond acceptors (Lipinski definition) is 5. The minimum Gasteiger partial charge on any atom is -0.462 e. The van der Waals surface area contributed by atoms with E-state index in [1.165, 1.54) is 6.42 Å². The van der Waals surface area contributed by atoms with Crippen LogP contribution in [0.2, 0.25) is 0 Å². The molecule has 0 bridgehead atoms. The second kappa shape index (κ2) is 7.46. The average molecular weight is 378 g/mol. The van der Waals surface area contributed by atoms with Gasteiger partial charge in [0.25, 0.3) is 11.8 Å². The molecule has 0 unspecified atom stereocenters. The number of hydrogen-bond donors (Lipinski definition) is 0. The SMILES string of the molecule is CCOC(=O)c1cc(N2C(=O)c3ccccc3C2=O)ccc1N1CCCCC1. The van der Waals surface area contributed by atoms with Crippen LogP contribution in [0.25, 0.3) is 0 Å². The maximum Gasteiger partial charge on any atom is 0.340 e. The van der Waals surface area contributed by atoms with E-state index in [9.17, 15) is 14.4 Å². The van der Waals surface area contributed by atoms with Crippen molar-refractivity contribution in [2.45, 2.75) is 26.2 Å². The maximum atomic E-state index is 12.8. The van der Waals surface area contributed by atoms with E-state index in [0.29, 0.717) is 22.4 Å². The molecular formula is C22H22N2O4. The highest BCUT2D eigenvalue weighted by Gasteiger charge is 2.37. The standard InChI is InChI=1S/C22H22N2O4/c1-2-28-22(27)18-14-15(10-11-19(18)23-12-6-3-7-13-23)24-20(25)16-8-4-5-9-17(16)21(24)26/h4-5,8-11,14H,2-3,6-7,12-13H2,1H3. The lowest BCUT2D eigenvalue weighted by Gasteiger charge is -2.30. The molecule has 0 spiro atoms. The largest absolute Gasteiger partial charge is 0.462 e. The number of anilines is 2. The lowest BCUT2D eigenvalue weighted by molar-refractivity contribution is 0.0526. The summed E-state index contributed by atoms with van der Waals surface area (Å²) >= 11 is 0. The van der Waals surface area contributed by atoms with Crippen LogP contribution in [0.15, 0.2) is 42.5 Å². The number of imide groups is 1. The Bertz CT molecular complexity index is 912. The Morgan fingerprint density at radius 1 is 0.964 bits per heavy atom. The molecule has 0 aromatic heterocycles. The Hall–Kier alpha value is -3.15. The van der Waals surface area contributed by atoms with Gasteiger partial charge in [-0.2, -0.15) is 0 Å². The fraction of sp³-hybridized carbons (Fsp3) is 0.318. The van der Waals surface area contributed by atoms with Crippen LogP contribution in [0, 0.1) is 0 Å². The predicted octanol–water partition coefficient (Wildman–Crippen LogP) is 3.65. The van der Waals surface area contributed by atoms with Crippen LogP contribution >= 0.6 is 0 Å². The summed E-state index contributed by atoms with van der Waals surface area (Å²) in [4.78, 5) is 41.5. The number of fused-ring (bicyclic) bond motifs is 1. The zero-order valence-electron chi connectivity index (χ0n) is 15.8. The van der Waals surface area contributed by atoms with Crippen molar-refractivity contribution in [1.29, 1.82) is 0 Å². The number of carbonyl (C=O) groups is 3. The minimum atomic E-state index is -0.443. The molecular weight excluding hydrogens is 356 g/mol. The summed E-state index contributed by atoms with van der Waals surface area (Å²) in [5.41, 5.74) is 2.32. The normalized spacial score (nSPS) is 16.3. The van der Waals surface area contributed by atoms with Gasteiger partial charge in [0, 0.05) is 13.1 Å². The highest BCUT2D eigenvalue weighted by atomic mass is 16.5. The van der Waals surface area contributed by atoms with Crippen LogP contribution in [-0.2, 0) is 4.74 Å². The number of esters is 1. The predicted molar refractivity (Wildman–Crippen MR) is 106 cm³/mol. The van der Waals surface area contributed by atoms with Gasteiger partial charge >= 0.3 is 5.97 Å². The molecule has 2 heterocycles. The third kappa shape index (κ3) is 3.05. The molecule has 2 aliphatic rings. The van der Waals surface area contributed by atoms with Crippen LogP contribution in [0.5, 0.6) is 0 Å². The van der Waals surface area contributed by atoms with Crippen molar-refractivity contribution >= 4 is 29.2 Å². The fourth-order valence-corrected chi connectivity index (χ4v) is 3.87. The topological polar surface area (TPSA) is 66.9 Å². The van der Waals surface area contributed by atoms with E-state index in [4.69, 9.17) is 4.74 Å². The Morgan fingerprint density at radius 3 is 2.21 bits per heavy atom. The van der Waals surface area contributed by atoms with Gasteiger partial charge in [-0.15, -0.1) is 0 Å². The highest BCUT2D eigenvalue weighted by Crippen LogP contribution is 2.33. The van der Waals surface area contributed by atoms with Gasteiger partial charge in [0.1, 0.15) is 0 Å². The quantitative estimate of drug-likeness (QED) is 0.600. The molecule has 2 aliphatic heterocycles. The van der Waals surface area contributed by atoms with Gasteiger partial charge < -0.3 is 9.64 Å². The molecule has 2 aromatic rings. The van der Waals surface area contributed by atoms with Crippen molar-refractivity contribution < 1.29 is 19.1 Å². The Labute approximate surface area is 163 Å². The number of ether oxygens (including phenoxy) is 1. The number of piperidine rings is 1. The first-order valence-corrected chi connectivity index (χ1v) is 9.65. The van der Waals surface area contributed by atoms with Gasteiger partial charge in [-0.25, -0.2) is 9.69 Å².